The van der Waals surface area contributed by atoms with Crippen molar-refractivity contribution in [1.82, 2.24) is 0 Å². The number of aliphatic hydroxyl groups excluding tert-OH is 2. The Morgan fingerprint density at radius 1 is 1.02 bits per heavy atom. The number of aromatic carboxylic acids is 1. The van der Waals surface area contributed by atoms with E-state index in [4.69, 9.17) is 21.7 Å². The summed E-state index contributed by atoms with van der Waals surface area (Å²) in [7, 11) is 0. The van der Waals surface area contributed by atoms with Crippen molar-refractivity contribution >= 4 is 34.7 Å². The first kappa shape index (κ1) is 32.7. The molecule has 0 bridgehead atoms. The van der Waals surface area contributed by atoms with Gasteiger partial charge in [-0.1, -0.05) is 30.3 Å². The van der Waals surface area contributed by atoms with Crippen LogP contribution in [0.15, 0.2) is 76.6 Å². The van der Waals surface area contributed by atoms with Gasteiger partial charge in [0.1, 0.15) is 11.5 Å². The Balaban J connectivity index is 0.000000566. The quantitative estimate of drug-likeness (QED) is 0.122. The number of carbonyl (C=O) groups is 1. The molecule has 0 atom stereocenters. The minimum absolute atomic E-state index is 0.0972. The lowest BCUT2D eigenvalue weighted by atomic mass is 10.0. The van der Waals surface area contributed by atoms with E-state index in [1.165, 1.54) is 28.3 Å². The summed E-state index contributed by atoms with van der Waals surface area (Å²) in [6.45, 7) is 2.69. The number of fused-ring (bicyclic) bond motifs is 1. The summed E-state index contributed by atoms with van der Waals surface area (Å²) >= 11 is 0. The number of hydrazone groups is 2. The highest BCUT2D eigenvalue weighted by Crippen LogP contribution is 2.36. The maximum absolute atomic E-state index is 11.9. The van der Waals surface area contributed by atoms with Crippen molar-refractivity contribution in [3.05, 3.63) is 83.1 Å². The monoisotopic (exact) mass is 588 g/mol. The summed E-state index contributed by atoms with van der Waals surface area (Å²) < 4.78 is 0. The zero-order valence-electron chi connectivity index (χ0n) is 23.8. The van der Waals surface area contributed by atoms with E-state index in [-0.39, 0.29) is 30.2 Å². The molecule has 0 fully saturated rings. The highest BCUT2D eigenvalue weighted by Gasteiger charge is 2.29. The number of phenolic OH excluding ortho intramolecular Hbond substituents is 1. The number of carboxylic acids is 1. The molecule has 9 N–H and O–H groups in total. The van der Waals surface area contributed by atoms with Gasteiger partial charge in [0.15, 0.2) is 11.6 Å². The van der Waals surface area contributed by atoms with Crippen LogP contribution >= 0.6 is 0 Å². The van der Waals surface area contributed by atoms with Crippen molar-refractivity contribution in [2.24, 2.45) is 21.7 Å². The summed E-state index contributed by atoms with van der Waals surface area (Å²) in [5.74, 6) is 0.805. The predicted octanol–water partition coefficient (Wildman–Crippen LogP) is 2.50. The normalized spacial score (nSPS) is 14.2. The van der Waals surface area contributed by atoms with Crippen LogP contribution in [0.1, 0.15) is 34.8 Å². The Morgan fingerprint density at radius 3 is 2.35 bits per heavy atom. The van der Waals surface area contributed by atoms with Crippen molar-refractivity contribution in [1.29, 1.82) is 0 Å². The van der Waals surface area contributed by atoms with E-state index in [0.29, 0.717) is 41.3 Å². The zero-order chi connectivity index (χ0) is 31.4. The molecule has 12 nitrogen and oxygen atoms in total. The van der Waals surface area contributed by atoms with E-state index in [9.17, 15) is 19.8 Å². The fraction of sp³-hybridized carbons (Fsp3) is 0.258. The first-order valence-electron chi connectivity index (χ1n) is 13.6. The van der Waals surface area contributed by atoms with E-state index in [0.717, 1.165) is 24.9 Å². The maximum atomic E-state index is 11.9. The van der Waals surface area contributed by atoms with Gasteiger partial charge in [0.05, 0.1) is 35.9 Å². The standard InChI is InChI=1S/C27H22N4O4.2C2H7NO/c1-16-25(24(15-32)31(30-16)21-12-11-17-5-2-6-18(17)14-21)29-28-23-10-4-9-22(26(23)33)19-7-3-8-20(13-19)27(34)35;2*3-1-2-4/h3-4,7-14,28,33H,2,5-6H2,1H3,(H,34,35);2*4H,1-3H2/b29-25+;;. The van der Waals surface area contributed by atoms with Gasteiger partial charge in [0, 0.05) is 18.7 Å². The second kappa shape index (κ2) is 16.0. The lowest BCUT2D eigenvalue weighted by molar-refractivity contribution is 0.0697. The number of nitrogens with one attached hydrogen (secondary N) is 1. The Bertz CT molecular complexity index is 1540. The first-order chi connectivity index (χ1) is 20.8. The molecule has 2 aliphatic rings. The van der Waals surface area contributed by atoms with Crippen LogP contribution in [-0.2, 0) is 17.6 Å². The van der Waals surface area contributed by atoms with Crippen molar-refractivity contribution < 1.29 is 30.0 Å². The summed E-state index contributed by atoms with van der Waals surface area (Å²) in [6, 6.07) is 17.4. The number of nitrogens with two attached hydrogens (primary N) is 2. The van der Waals surface area contributed by atoms with Crippen LogP contribution in [0.25, 0.3) is 11.1 Å². The topological polar surface area (TPSA) is 207 Å². The largest absolute Gasteiger partial charge is 0.505 e. The van der Waals surface area contributed by atoms with E-state index in [1.807, 2.05) is 18.1 Å². The Kier molecular flexibility index (Phi) is 12.1. The number of carbonyl (C=O) groups excluding carboxylic acids is 1. The molecule has 3 aromatic carbocycles. The Hall–Kier alpha value is -4.84. The zero-order valence-corrected chi connectivity index (χ0v) is 23.8. The molecule has 0 amide bonds. The lowest BCUT2D eigenvalue weighted by Gasteiger charge is -2.15. The van der Waals surface area contributed by atoms with Gasteiger partial charge >= 0.3 is 5.97 Å². The minimum atomic E-state index is -1.05. The highest BCUT2D eigenvalue weighted by atomic mass is 16.4. The molecule has 0 aromatic heterocycles. The number of carboxylic acid groups (broad SMARTS) is 1. The minimum Gasteiger partial charge on any atom is -0.505 e. The van der Waals surface area contributed by atoms with Gasteiger partial charge in [0.25, 0.3) is 0 Å². The number of hydrogen-bond donors (Lipinski definition) is 7. The van der Waals surface area contributed by atoms with Crippen molar-refractivity contribution in [2.45, 2.75) is 26.2 Å². The van der Waals surface area contributed by atoms with E-state index in [1.54, 1.807) is 37.3 Å². The number of aryl methyl sites for hydroxylation is 2. The van der Waals surface area contributed by atoms with Gasteiger partial charge < -0.3 is 31.9 Å². The summed E-state index contributed by atoms with van der Waals surface area (Å²) in [5.41, 5.74) is 18.2. The van der Waals surface area contributed by atoms with Crippen LogP contribution in [0.4, 0.5) is 11.4 Å². The average molecular weight is 589 g/mol. The van der Waals surface area contributed by atoms with Gasteiger partial charge in [0.2, 0.25) is 0 Å². The van der Waals surface area contributed by atoms with Crippen LogP contribution < -0.4 is 21.9 Å². The summed E-state index contributed by atoms with van der Waals surface area (Å²) in [5, 5.41) is 46.0. The molecule has 0 radical (unpaired) electrons. The summed E-state index contributed by atoms with van der Waals surface area (Å²) in [4.78, 5) is 23.2. The number of aromatic hydroxyl groups is 1. The van der Waals surface area contributed by atoms with Gasteiger partial charge in [-0.3, -0.25) is 5.43 Å². The third-order valence-electron chi connectivity index (χ3n) is 6.46. The van der Waals surface area contributed by atoms with Crippen molar-refractivity contribution in [3.8, 4) is 16.9 Å². The fourth-order valence-corrected chi connectivity index (χ4v) is 4.42. The highest BCUT2D eigenvalue weighted by molar-refractivity contribution is 6.52. The molecule has 0 saturated heterocycles. The number of allylic oxidation sites excluding steroid dienone is 1. The number of para-hydroxylation sites is 1. The van der Waals surface area contributed by atoms with Crippen LogP contribution in [0.3, 0.4) is 0 Å². The molecular formula is C31H36N6O6. The van der Waals surface area contributed by atoms with Crippen LogP contribution in [-0.4, -0.2) is 70.1 Å². The van der Waals surface area contributed by atoms with Crippen molar-refractivity contribution in [3.63, 3.8) is 0 Å². The lowest BCUT2D eigenvalue weighted by Crippen LogP contribution is -2.18. The number of aliphatic hydroxyl groups is 2. The smallest absolute Gasteiger partial charge is 0.335 e. The second-order valence-electron chi connectivity index (χ2n) is 9.44. The fourth-order valence-electron chi connectivity index (χ4n) is 4.42. The van der Waals surface area contributed by atoms with Gasteiger partial charge in [-0.15, -0.1) is 0 Å². The molecule has 43 heavy (non-hydrogen) atoms. The molecule has 0 spiro atoms. The third-order valence-corrected chi connectivity index (χ3v) is 6.46. The number of nitrogens with zero attached hydrogens (tertiary/aromatic N) is 3. The van der Waals surface area contributed by atoms with Gasteiger partial charge in [-0.25, -0.2) is 14.6 Å². The molecular weight excluding hydrogens is 552 g/mol. The van der Waals surface area contributed by atoms with Crippen LogP contribution in [0, 0.1) is 0 Å². The SMILES string of the molecule is CC1=NN(c2ccc3c(c2)CCC3)C(=C=O)/C1=N/Nc1cccc(-c2cccc(C(=O)O)c2)c1O.NCCO.NCCO. The number of anilines is 2. The molecule has 0 saturated carbocycles. The predicted molar refractivity (Wildman–Crippen MR) is 167 cm³/mol. The maximum Gasteiger partial charge on any atom is 0.335 e. The molecule has 1 aliphatic carbocycles. The summed E-state index contributed by atoms with van der Waals surface area (Å²) in [6.07, 6.45) is 3.19. The van der Waals surface area contributed by atoms with Gasteiger partial charge in [-0.2, -0.15) is 10.2 Å². The molecule has 5 rings (SSSR count). The first-order valence-corrected chi connectivity index (χ1v) is 13.6. The van der Waals surface area contributed by atoms with Crippen molar-refractivity contribution in [2.75, 3.05) is 36.7 Å². The molecule has 12 heteroatoms. The number of hydrogen-bond acceptors (Lipinski definition) is 11. The Labute approximate surface area is 249 Å². The van der Waals surface area contributed by atoms with E-state index < -0.39 is 5.97 Å². The van der Waals surface area contributed by atoms with Crippen LogP contribution in [0.5, 0.6) is 5.75 Å². The molecule has 226 valence electrons. The average Bonchev–Trinajstić information content (AvgIpc) is 3.63. The number of benzene rings is 3. The number of rotatable bonds is 7. The molecule has 3 aromatic rings. The number of phenols is 1. The Morgan fingerprint density at radius 2 is 1.70 bits per heavy atom. The molecule has 1 heterocycles. The molecule has 1 aliphatic heterocycles. The second-order valence-corrected chi connectivity index (χ2v) is 9.44. The molecule has 0 unspecified atom stereocenters. The third kappa shape index (κ3) is 8.13. The van der Waals surface area contributed by atoms with Crippen LogP contribution in [0.2, 0.25) is 0 Å². The van der Waals surface area contributed by atoms with E-state index in [2.05, 4.69) is 21.7 Å². The van der Waals surface area contributed by atoms with E-state index >= 15 is 0 Å². The van der Waals surface area contributed by atoms with Gasteiger partial charge in [-0.05, 0) is 73.2 Å².